The van der Waals surface area contributed by atoms with Crippen LogP contribution < -0.4 is 0 Å². The fourth-order valence-corrected chi connectivity index (χ4v) is 7.94. The third-order valence-electron chi connectivity index (χ3n) is 9.94. The van der Waals surface area contributed by atoms with E-state index in [2.05, 4.69) is 91.8 Å². The third-order valence-corrected chi connectivity index (χ3v) is 10.8. The molecule has 0 fully saturated rings. The largest absolute Gasteiger partial charge is 0.392 e. The minimum absolute atomic E-state index is 0.0643. The molecule has 0 amide bonds. The van der Waals surface area contributed by atoms with Gasteiger partial charge in [0, 0.05) is 35.4 Å². The summed E-state index contributed by atoms with van der Waals surface area (Å²) >= 11 is 0. The molecule has 5 nitrogen and oxygen atoms in total. The van der Waals surface area contributed by atoms with Gasteiger partial charge in [0.15, 0.2) is 5.25 Å². The Bertz CT molecular complexity index is 2020. The molecule has 266 valence electrons. The predicted molar refractivity (Wildman–Crippen MR) is 209 cm³/mol. The lowest BCUT2D eigenvalue weighted by Crippen LogP contribution is -2.16. The Morgan fingerprint density at radius 1 is 0.647 bits per heavy atom. The standard InChI is InChI=1S/C45H50O5S/c1-29-13-11-16-40(44(3,4)5)38(29)25-31-19-21-33(23-35(31)27-46)43(37-15-9-10-18-42(37)51(48,49)50)34-22-20-32(36(24-34)28-47)26-39-30(2)14-12-17-41(39)45(6,7)8/h9-24,46-47H,25-28H2,1-8H3/p+1. The van der Waals surface area contributed by atoms with Crippen molar-refractivity contribution in [2.75, 3.05) is 0 Å². The second kappa shape index (κ2) is 14.8. The minimum atomic E-state index is -4.59. The van der Waals surface area contributed by atoms with Crippen molar-refractivity contribution in [2.45, 2.75) is 92.3 Å². The molecule has 1 aliphatic carbocycles. The van der Waals surface area contributed by atoms with E-state index in [0.29, 0.717) is 35.1 Å². The average molecular weight is 704 g/mol. The second-order valence-electron chi connectivity index (χ2n) is 15.7. The molecule has 3 N–H and O–H groups in total. The van der Waals surface area contributed by atoms with Gasteiger partial charge in [0.2, 0.25) is 0 Å². The van der Waals surface area contributed by atoms with Crippen molar-refractivity contribution >= 4 is 15.7 Å². The number of aliphatic hydroxyl groups excluding tert-OH is 2. The van der Waals surface area contributed by atoms with Crippen LogP contribution in [0.5, 0.6) is 0 Å². The van der Waals surface area contributed by atoms with Crippen LogP contribution in [0.15, 0.2) is 103 Å². The topological polar surface area (TPSA) is 94.8 Å². The van der Waals surface area contributed by atoms with Crippen LogP contribution in [0.1, 0.15) is 108 Å². The van der Waals surface area contributed by atoms with Gasteiger partial charge in [-0.1, -0.05) is 90.1 Å². The Kier molecular flexibility index (Phi) is 11.0. The number of benzene rings is 4. The lowest BCUT2D eigenvalue weighted by Gasteiger charge is -2.25. The lowest BCUT2D eigenvalue weighted by molar-refractivity contribution is 0.280. The molecule has 0 unspecified atom stereocenters. The molecule has 4 aromatic rings. The first-order chi connectivity index (χ1) is 23.9. The average Bonchev–Trinajstić information content (AvgIpc) is 3.06. The summed E-state index contributed by atoms with van der Waals surface area (Å²) in [6, 6.07) is 24.5. The van der Waals surface area contributed by atoms with Crippen LogP contribution in [-0.4, -0.2) is 23.2 Å². The van der Waals surface area contributed by atoms with Crippen LogP contribution in [-0.2, 0) is 47.0 Å². The number of aryl methyl sites for hydroxylation is 2. The second-order valence-corrected chi connectivity index (χ2v) is 17.1. The predicted octanol–water partition coefficient (Wildman–Crippen LogP) is 9.41. The van der Waals surface area contributed by atoms with E-state index < -0.39 is 10.1 Å². The molecule has 0 saturated carbocycles. The van der Waals surface area contributed by atoms with E-state index in [1.54, 1.807) is 18.2 Å². The minimum Gasteiger partial charge on any atom is -0.392 e. The van der Waals surface area contributed by atoms with Crippen molar-refractivity contribution in [3.8, 4) is 0 Å². The summed E-state index contributed by atoms with van der Waals surface area (Å²) < 4.78 is 35.8. The van der Waals surface area contributed by atoms with Gasteiger partial charge in [-0.25, -0.2) is 0 Å². The van der Waals surface area contributed by atoms with E-state index >= 15 is 0 Å². The fourth-order valence-electron chi connectivity index (χ4n) is 7.24. The number of allylic oxidation sites excluding steroid dienone is 3. The van der Waals surface area contributed by atoms with Crippen molar-refractivity contribution in [1.82, 2.24) is 0 Å². The zero-order valence-electron chi connectivity index (χ0n) is 31.1. The van der Waals surface area contributed by atoms with Gasteiger partial charge in [0.1, 0.15) is 5.57 Å². The highest BCUT2D eigenvalue weighted by Crippen LogP contribution is 2.39. The van der Waals surface area contributed by atoms with Crippen LogP contribution in [0.4, 0.5) is 0 Å². The molecule has 5 rings (SSSR count). The van der Waals surface area contributed by atoms with Gasteiger partial charge < -0.3 is 10.2 Å². The molecule has 51 heavy (non-hydrogen) atoms. The number of hydrogen-bond acceptors (Lipinski definition) is 4. The Morgan fingerprint density at radius 2 is 1.10 bits per heavy atom. The van der Waals surface area contributed by atoms with E-state index in [-0.39, 0.29) is 29.3 Å². The SMILES string of the molecule is Cc1cccc(C(C)(C)C)c1Cc1ccc(C(=C2C=CC=C[C+]2S(=O)(=O)O)c2ccc(Cc3c(C)cccc3C(C)(C)C)c(CO)c2)cc1CO. The van der Waals surface area contributed by atoms with Crippen LogP contribution in [0.2, 0.25) is 0 Å². The Balaban J connectivity index is 1.68. The molecule has 1 aliphatic rings. The fraction of sp³-hybridized carbons (Fsp3) is 0.311. The maximum Gasteiger partial charge on any atom is 0.331 e. The van der Waals surface area contributed by atoms with Crippen molar-refractivity contribution in [1.29, 1.82) is 0 Å². The summed E-state index contributed by atoms with van der Waals surface area (Å²) in [7, 11) is -4.59. The van der Waals surface area contributed by atoms with E-state index in [0.717, 1.165) is 22.3 Å². The molecule has 4 aromatic carbocycles. The summed E-state index contributed by atoms with van der Waals surface area (Å²) in [4.78, 5) is 0. The Labute approximate surface area is 304 Å². The highest BCUT2D eigenvalue weighted by molar-refractivity contribution is 7.89. The lowest BCUT2D eigenvalue weighted by atomic mass is 9.79. The van der Waals surface area contributed by atoms with Crippen molar-refractivity contribution in [3.63, 3.8) is 0 Å². The van der Waals surface area contributed by atoms with Crippen molar-refractivity contribution in [3.05, 3.63) is 175 Å². The molecule has 0 aliphatic heterocycles. The monoisotopic (exact) mass is 703 g/mol. The Hall–Kier alpha value is -4.20. The summed E-state index contributed by atoms with van der Waals surface area (Å²) in [5.41, 5.74) is 12.9. The molecule has 0 spiro atoms. The first-order valence-electron chi connectivity index (χ1n) is 17.5. The first kappa shape index (κ1) is 38.0. The molecular formula is C45H51O5S+. The molecular weight excluding hydrogens is 653 g/mol. The molecule has 0 atom stereocenters. The van der Waals surface area contributed by atoms with Gasteiger partial charge in [-0.2, -0.15) is 8.42 Å². The molecule has 0 aromatic heterocycles. The Morgan fingerprint density at radius 3 is 1.49 bits per heavy atom. The van der Waals surface area contributed by atoms with Gasteiger partial charge in [0.25, 0.3) is 0 Å². The molecule has 0 radical (unpaired) electrons. The van der Waals surface area contributed by atoms with Crippen LogP contribution >= 0.6 is 0 Å². The summed E-state index contributed by atoms with van der Waals surface area (Å²) in [6.45, 7) is 17.0. The number of hydrogen-bond donors (Lipinski definition) is 3. The smallest absolute Gasteiger partial charge is 0.331 e. The molecule has 6 heteroatoms. The van der Waals surface area contributed by atoms with Crippen LogP contribution in [0.25, 0.3) is 5.57 Å². The van der Waals surface area contributed by atoms with Gasteiger partial charge in [-0.3, -0.25) is 4.55 Å². The van der Waals surface area contributed by atoms with E-state index in [1.807, 2.05) is 36.4 Å². The van der Waals surface area contributed by atoms with Crippen LogP contribution in [0.3, 0.4) is 0 Å². The zero-order chi connectivity index (χ0) is 37.3. The summed E-state index contributed by atoms with van der Waals surface area (Å²) in [6.07, 6.45) is 7.66. The highest BCUT2D eigenvalue weighted by atomic mass is 32.2. The molecule has 0 bridgehead atoms. The number of aliphatic hydroxyl groups is 2. The number of rotatable bonds is 9. The van der Waals surface area contributed by atoms with E-state index in [4.69, 9.17) is 0 Å². The normalized spacial score (nSPS) is 13.6. The third kappa shape index (κ3) is 8.31. The molecule has 0 saturated heterocycles. The van der Waals surface area contributed by atoms with Gasteiger partial charge in [0.05, 0.1) is 18.8 Å². The van der Waals surface area contributed by atoms with E-state index in [9.17, 15) is 23.2 Å². The van der Waals surface area contributed by atoms with Crippen molar-refractivity contribution < 1.29 is 23.2 Å². The van der Waals surface area contributed by atoms with Gasteiger partial charge in [-0.05, 0) is 117 Å². The molecule has 0 heterocycles. The maximum absolute atomic E-state index is 12.7. The summed E-state index contributed by atoms with van der Waals surface area (Å²) in [5.74, 6) is 0. The van der Waals surface area contributed by atoms with Crippen molar-refractivity contribution in [2.24, 2.45) is 0 Å². The summed E-state index contributed by atoms with van der Waals surface area (Å²) in [5, 5.41) is 21.2. The van der Waals surface area contributed by atoms with E-state index in [1.165, 1.54) is 39.5 Å². The van der Waals surface area contributed by atoms with Gasteiger partial charge >= 0.3 is 10.1 Å². The van der Waals surface area contributed by atoms with Crippen LogP contribution in [0, 0.1) is 19.1 Å². The highest BCUT2D eigenvalue weighted by Gasteiger charge is 2.36. The zero-order valence-corrected chi connectivity index (χ0v) is 31.9. The first-order valence-corrected chi connectivity index (χ1v) is 19.0. The quantitative estimate of drug-likeness (QED) is 0.119. The maximum atomic E-state index is 12.7. The van der Waals surface area contributed by atoms with Gasteiger partial charge in [-0.15, -0.1) is 0 Å².